The molecule has 0 fully saturated rings. The van der Waals surface area contributed by atoms with Crippen molar-refractivity contribution in [3.63, 3.8) is 0 Å². The van der Waals surface area contributed by atoms with Crippen LogP contribution in [0.2, 0.25) is 0 Å². The van der Waals surface area contributed by atoms with Crippen molar-refractivity contribution in [2.75, 3.05) is 9.80 Å². The minimum atomic E-state index is -0.371. The molecule has 0 bridgehead atoms. The Labute approximate surface area is 182 Å². The third-order valence-electron chi connectivity index (χ3n) is 5.11. The summed E-state index contributed by atoms with van der Waals surface area (Å²) in [4.78, 5) is 58.2. The van der Waals surface area contributed by atoms with Gasteiger partial charge in [0, 0.05) is 47.8 Å². The zero-order chi connectivity index (χ0) is 22.2. The van der Waals surface area contributed by atoms with Crippen molar-refractivity contribution in [2.45, 2.75) is 0 Å². The smallest absolute Gasteiger partial charge is 0.258 e. The molecule has 0 aliphatic carbocycles. The minimum Gasteiger partial charge on any atom is -0.269 e. The van der Waals surface area contributed by atoms with Crippen LogP contribution in [-0.2, 0) is 19.2 Å². The molecule has 154 valence electrons. The standard InChI is InChI=1S/C24H14N4O4/c29-20-9-10-21(30)27(20)18-5-1-15(2-6-18)17-13-25-24(26-14-17)16-3-7-19(8-4-16)28-22(31)11-12-23(28)32/h1-14H. The number of carbonyl (C=O) groups is 4. The van der Waals surface area contributed by atoms with Crippen LogP contribution in [0.1, 0.15) is 0 Å². The number of anilines is 2. The highest BCUT2D eigenvalue weighted by atomic mass is 16.2. The first kappa shape index (κ1) is 19.3. The molecule has 2 aliphatic rings. The van der Waals surface area contributed by atoms with Crippen molar-refractivity contribution in [3.8, 4) is 22.5 Å². The Morgan fingerprint density at radius 2 is 0.844 bits per heavy atom. The molecule has 0 unspecified atom stereocenters. The summed E-state index contributed by atoms with van der Waals surface area (Å²) in [6.45, 7) is 0. The van der Waals surface area contributed by atoms with Gasteiger partial charge in [-0.1, -0.05) is 12.1 Å². The fourth-order valence-corrected chi connectivity index (χ4v) is 3.50. The summed E-state index contributed by atoms with van der Waals surface area (Å²) in [6.07, 6.45) is 8.32. The van der Waals surface area contributed by atoms with E-state index in [-0.39, 0.29) is 23.6 Å². The van der Waals surface area contributed by atoms with Gasteiger partial charge in [0.2, 0.25) is 0 Å². The Balaban J connectivity index is 1.33. The van der Waals surface area contributed by atoms with E-state index in [2.05, 4.69) is 9.97 Å². The van der Waals surface area contributed by atoms with Crippen LogP contribution in [0.15, 0.2) is 85.2 Å². The average Bonchev–Trinajstić information content (AvgIpc) is 3.34. The monoisotopic (exact) mass is 422 g/mol. The lowest BCUT2D eigenvalue weighted by molar-refractivity contribution is -0.121. The van der Waals surface area contributed by atoms with E-state index in [1.807, 2.05) is 0 Å². The quantitative estimate of drug-likeness (QED) is 0.600. The van der Waals surface area contributed by atoms with Gasteiger partial charge in [0.05, 0.1) is 11.4 Å². The van der Waals surface area contributed by atoms with Gasteiger partial charge in [0.15, 0.2) is 5.82 Å². The first-order chi connectivity index (χ1) is 15.5. The van der Waals surface area contributed by atoms with Gasteiger partial charge in [-0.3, -0.25) is 19.2 Å². The zero-order valence-corrected chi connectivity index (χ0v) is 16.5. The molecule has 1 aromatic heterocycles. The fourth-order valence-electron chi connectivity index (χ4n) is 3.50. The second-order valence-electron chi connectivity index (χ2n) is 7.08. The Hall–Kier alpha value is -4.72. The van der Waals surface area contributed by atoms with Crippen LogP contribution in [0.3, 0.4) is 0 Å². The summed E-state index contributed by atoms with van der Waals surface area (Å²) in [5.74, 6) is -0.978. The Morgan fingerprint density at radius 1 is 0.469 bits per heavy atom. The Kier molecular flexibility index (Phi) is 4.52. The van der Waals surface area contributed by atoms with Crippen LogP contribution in [0, 0.1) is 0 Å². The van der Waals surface area contributed by atoms with Gasteiger partial charge in [0.25, 0.3) is 23.6 Å². The Bertz CT molecular complexity index is 1180. The van der Waals surface area contributed by atoms with Gasteiger partial charge >= 0.3 is 0 Å². The lowest BCUT2D eigenvalue weighted by Crippen LogP contribution is -2.29. The van der Waals surface area contributed by atoms with Crippen molar-refractivity contribution in [3.05, 3.63) is 85.2 Å². The number of carbonyl (C=O) groups excluding carboxylic acids is 4. The third kappa shape index (κ3) is 3.29. The van der Waals surface area contributed by atoms with Crippen molar-refractivity contribution in [1.82, 2.24) is 9.97 Å². The van der Waals surface area contributed by atoms with E-state index in [0.717, 1.165) is 26.5 Å². The topological polar surface area (TPSA) is 101 Å². The number of benzene rings is 2. The zero-order valence-electron chi connectivity index (χ0n) is 16.5. The molecule has 2 aliphatic heterocycles. The van der Waals surface area contributed by atoms with Crippen molar-refractivity contribution >= 4 is 35.0 Å². The van der Waals surface area contributed by atoms with E-state index in [1.165, 1.54) is 24.3 Å². The molecule has 0 saturated carbocycles. The molecule has 3 aromatic rings. The molecule has 5 rings (SSSR count). The minimum absolute atomic E-state index is 0.365. The molecule has 32 heavy (non-hydrogen) atoms. The van der Waals surface area contributed by atoms with Crippen LogP contribution in [-0.4, -0.2) is 33.6 Å². The number of hydrogen-bond acceptors (Lipinski definition) is 6. The van der Waals surface area contributed by atoms with Gasteiger partial charge in [-0.25, -0.2) is 19.8 Å². The molecule has 0 saturated heterocycles. The summed E-state index contributed by atoms with van der Waals surface area (Å²) in [5, 5.41) is 0. The van der Waals surface area contributed by atoms with Crippen molar-refractivity contribution in [1.29, 1.82) is 0 Å². The maximum Gasteiger partial charge on any atom is 0.258 e. The molecule has 0 spiro atoms. The molecule has 4 amide bonds. The van der Waals surface area contributed by atoms with Crippen LogP contribution < -0.4 is 9.80 Å². The average molecular weight is 422 g/mol. The van der Waals surface area contributed by atoms with Crippen LogP contribution in [0.25, 0.3) is 22.5 Å². The number of amides is 4. The third-order valence-corrected chi connectivity index (χ3v) is 5.11. The summed E-state index contributed by atoms with van der Waals surface area (Å²) in [5.41, 5.74) is 3.32. The van der Waals surface area contributed by atoms with E-state index in [1.54, 1.807) is 60.9 Å². The second-order valence-corrected chi connectivity index (χ2v) is 7.08. The highest BCUT2D eigenvalue weighted by Crippen LogP contribution is 2.26. The number of imide groups is 2. The maximum absolute atomic E-state index is 11.8. The molecule has 8 heteroatoms. The van der Waals surface area contributed by atoms with Gasteiger partial charge in [-0.15, -0.1) is 0 Å². The van der Waals surface area contributed by atoms with Crippen LogP contribution >= 0.6 is 0 Å². The first-order valence-electron chi connectivity index (χ1n) is 9.66. The van der Waals surface area contributed by atoms with Crippen molar-refractivity contribution in [2.24, 2.45) is 0 Å². The van der Waals surface area contributed by atoms with E-state index >= 15 is 0 Å². The van der Waals surface area contributed by atoms with E-state index < -0.39 is 0 Å². The number of nitrogens with zero attached hydrogens (tertiary/aromatic N) is 4. The molecular weight excluding hydrogens is 408 g/mol. The predicted octanol–water partition coefficient (Wildman–Crippen LogP) is 2.67. The molecule has 0 atom stereocenters. The molecule has 3 heterocycles. The number of hydrogen-bond donors (Lipinski definition) is 0. The highest BCUT2D eigenvalue weighted by Gasteiger charge is 2.26. The fraction of sp³-hybridized carbons (Fsp3) is 0. The predicted molar refractivity (Wildman–Crippen MR) is 116 cm³/mol. The number of aromatic nitrogens is 2. The van der Waals surface area contributed by atoms with Crippen LogP contribution in [0.4, 0.5) is 11.4 Å². The maximum atomic E-state index is 11.8. The van der Waals surface area contributed by atoms with E-state index in [0.29, 0.717) is 17.2 Å². The van der Waals surface area contributed by atoms with E-state index in [9.17, 15) is 19.2 Å². The normalized spacial score (nSPS) is 15.4. The largest absolute Gasteiger partial charge is 0.269 e. The molecule has 2 aromatic carbocycles. The lowest BCUT2D eigenvalue weighted by atomic mass is 10.1. The first-order valence-corrected chi connectivity index (χ1v) is 9.66. The SMILES string of the molecule is O=C1C=CC(=O)N1c1ccc(-c2cnc(-c3ccc(N4C(=O)C=CC4=O)cc3)nc2)cc1. The summed E-state index contributed by atoms with van der Waals surface area (Å²) in [7, 11) is 0. The van der Waals surface area contributed by atoms with E-state index in [4.69, 9.17) is 0 Å². The van der Waals surface area contributed by atoms with Gasteiger partial charge in [-0.2, -0.15) is 0 Å². The number of rotatable bonds is 4. The van der Waals surface area contributed by atoms with Crippen LogP contribution in [0.5, 0.6) is 0 Å². The molecule has 0 radical (unpaired) electrons. The van der Waals surface area contributed by atoms with Gasteiger partial charge in [-0.05, 0) is 42.0 Å². The summed E-state index contributed by atoms with van der Waals surface area (Å²) in [6, 6.07) is 13.8. The molecular formula is C24H14N4O4. The lowest BCUT2D eigenvalue weighted by Gasteiger charge is -2.14. The highest BCUT2D eigenvalue weighted by molar-refractivity contribution is 6.28. The second kappa shape index (κ2) is 7.51. The molecule has 8 nitrogen and oxygen atoms in total. The molecule has 0 N–H and O–H groups in total. The van der Waals surface area contributed by atoms with Gasteiger partial charge < -0.3 is 0 Å². The Morgan fingerprint density at radius 3 is 1.25 bits per heavy atom. The summed E-state index contributed by atoms with van der Waals surface area (Å²) < 4.78 is 0. The van der Waals surface area contributed by atoms with Crippen molar-refractivity contribution < 1.29 is 19.2 Å². The summed E-state index contributed by atoms with van der Waals surface area (Å²) >= 11 is 0. The van der Waals surface area contributed by atoms with Gasteiger partial charge in [0.1, 0.15) is 0 Å².